The van der Waals surface area contributed by atoms with Crippen molar-refractivity contribution in [3.8, 4) is 0 Å². The molecule has 19 heavy (non-hydrogen) atoms. The third-order valence-corrected chi connectivity index (χ3v) is 4.22. The number of aromatic nitrogens is 2. The zero-order valence-electron chi connectivity index (χ0n) is 10.3. The molecule has 0 unspecified atom stereocenters. The number of fused-ring (bicyclic) bond motifs is 1. The minimum atomic E-state index is 0.741. The van der Waals surface area contributed by atoms with E-state index in [4.69, 9.17) is 11.6 Å². The predicted molar refractivity (Wildman–Crippen MR) is 81.8 cm³/mol. The number of anilines is 1. The van der Waals surface area contributed by atoms with Crippen LogP contribution < -0.4 is 4.72 Å². The van der Waals surface area contributed by atoms with Crippen LogP contribution >= 0.6 is 23.5 Å². The van der Waals surface area contributed by atoms with Crippen molar-refractivity contribution in [2.45, 2.75) is 11.8 Å². The molecule has 0 saturated heterocycles. The summed E-state index contributed by atoms with van der Waals surface area (Å²) >= 11 is 7.62. The number of hydrogen-bond acceptors (Lipinski definition) is 3. The Hall–Kier alpha value is -1.65. The summed E-state index contributed by atoms with van der Waals surface area (Å²) in [4.78, 5) is 0.994. The molecule has 2 aromatic carbocycles. The summed E-state index contributed by atoms with van der Waals surface area (Å²) in [5.74, 6) is 0. The molecule has 3 aromatic rings. The highest BCUT2D eigenvalue weighted by molar-refractivity contribution is 8.00. The van der Waals surface area contributed by atoms with Gasteiger partial charge in [0.15, 0.2) is 0 Å². The van der Waals surface area contributed by atoms with Crippen LogP contribution in [0.25, 0.3) is 10.9 Å². The lowest BCUT2D eigenvalue weighted by molar-refractivity contribution is 1.07. The first kappa shape index (κ1) is 12.4. The van der Waals surface area contributed by atoms with E-state index in [1.165, 1.54) is 11.9 Å². The van der Waals surface area contributed by atoms with Crippen LogP contribution in [-0.2, 0) is 0 Å². The van der Waals surface area contributed by atoms with Crippen molar-refractivity contribution >= 4 is 40.1 Å². The lowest BCUT2D eigenvalue weighted by Gasteiger charge is -2.07. The van der Waals surface area contributed by atoms with Gasteiger partial charge in [0.25, 0.3) is 0 Å². The van der Waals surface area contributed by atoms with Crippen LogP contribution in [0.1, 0.15) is 5.69 Å². The monoisotopic (exact) mass is 289 g/mol. The van der Waals surface area contributed by atoms with E-state index in [0.29, 0.717) is 0 Å². The van der Waals surface area contributed by atoms with Crippen molar-refractivity contribution in [1.82, 2.24) is 10.2 Å². The second-order valence-corrected chi connectivity index (χ2v) is 5.44. The molecule has 0 saturated carbocycles. The fraction of sp³-hybridized carbons (Fsp3) is 0.0714. The van der Waals surface area contributed by atoms with Crippen LogP contribution in [0.3, 0.4) is 0 Å². The van der Waals surface area contributed by atoms with E-state index in [1.807, 2.05) is 43.3 Å². The molecular weight excluding hydrogens is 278 g/mol. The van der Waals surface area contributed by atoms with Gasteiger partial charge < -0.3 is 4.72 Å². The number of hydrogen-bond donors (Lipinski definition) is 2. The highest BCUT2D eigenvalue weighted by Gasteiger charge is 2.07. The highest BCUT2D eigenvalue weighted by Crippen LogP contribution is 2.31. The molecule has 2 N–H and O–H groups in total. The molecule has 0 fully saturated rings. The standard InChI is InChI=1S/C14H12ClN3S/c1-9-10-5-4-7-12(14(10)17-16-9)18-19-13-8-3-2-6-11(13)15/h2-8,18H,1H3,(H,16,17). The van der Waals surface area contributed by atoms with Crippen LogP contribution in [0.2, 0.25) is 5.02 Å². The van der Waals surface area contributed by atoms with Gasteiger partial charge in [-0.05, 0) is 37.1 Å². The molecule has 0 atom stereocenters. The number of aryl methyl sites for hydroxylation is 1. The van der Waals surface area contributed by atoms with E-state index >= 15 is 0 Å². The normalized spacial score (nSPS) is 10.8. The van der Waals surface area contributed by atoms with Crippen LogP contribution in [0.5, 0.6) is 0 Å². The SMILES string of the molecule is Cc1[nH]nc2c(NSc3ccccc3Cl)cccc12. The molecule has 0 aliphatic carbocycles. The molecule has 0 aliphatic heterocycles. The van der Waals surface area contributed by atoms with Crippen molar-refractivity contribution in [1.29, 1.82) is 0 Å². The smallest absolute Gasteiger partial charge is 0.116 e. The Balaban J connectivity index is 1.88. The summed E-state index contributed by atoms with van der Waals surface area (Å²) in [7, 11) is 0. The van der Waals surface area contributed by atoms with Gasteiger partial charge in [0.2, 0.25) is 0 Å². The van der Waals surface area contributed by atoms with Crippen LogP contribution in [-0.4, -0.2) is 10.2 Å². The number of aromatic amines is 1. The summed E-state index contributed by atoms with van der Waals surface area (Å²) in [6.07, 6.45) is 0. The topological polar surface area (TPSA) is 40.7 Å². The van der Waals surface area contributed by atoms with Gasteiger partial charge in [-0.25, -0.2) is 0 Å². The largest absolute Gasteiger partial charge is 0.324 e. The first-order valence-electron chi connectivity index (χ1n) is 5.87. The molecule has 1 heterocycles. The average molecular weight is 290 g/mol. The van der Waals surface area contributed by atoms with Gasteiger partial charge in [-0.15, -0.1) is 0 Å². The van der Waals surface area contributed by atoms with Gasteiger partial charge in [0.1, 0.15) is 5.52 Å². The molecule has 0 spiro atoms. The van der Waals surface area contributed by atoms with Gasteiger partial charge in [0, 0.05) is 16.0 Å². The number of rotatable bonds is 3. The minimum absolute atomic E-state index is 0.741. The second kappa shape index (κ2) is 5.15. The van der Waals surface area contributed by atoms with E-state index in [-0.39, 0.29) is 0 Å². The Morgan fingerprint density at radius 2 is 2.00 bits per heavy atom. The Kier molecular flexibility index (Phi) is 3.36. The summed E-state index contributed by atoms with van der Waals surface area (Å²) in [6, 6.07) is 13.8. The molecule has 3 nitrogen and oxygen atoms in total. The van der Waals surface area contributed by atoms with Crippen molar-refractivity contribution in [3.63, 3.8) is 0 Å². The molecule has 0 bridgehead atoms. The maximum absolute atomic E-state index is 6.13. The molecule has 96 valence electrons. The Morgan fingerprint density at radius 3 is 2.84 bits per heavy atom. The first-order chi connectivity index (χ1) is 9.25. The Bertz CT molecular complexity index is 724. The van der Waals surface area contributed by atoms with Gasteiger partial charge in [-0.1, -0.05) is 35.9 Å². The Morgan fingerprint density at radius 1 is 1.16 bits per heavy atom. The van der Waals surface area contributed by atoms with Crippen LogP contribution in [0.15, 0.2) is 47.4 Å². The van der Waals surface area contributed by atoms with Crippen molar-refractivity contribution in [2.75, 3.05) is 4.72 Å². The zero-order chi connectivity index (χ0) is 13.2. The molecule has 0 radical (unpaired) electrons. The summed E-state index contributed by atoms with van der Waals surface area (Å²) < 4.78 is 3.31. The summed E-state index contributed by atoms with van der Waals surface area (Å²) in [5.41, 5.74) is 2.99. The molecule has 0 aliphatic rings. The maximum Gasteiger partial charge on any atom is 0.116 e. The third-order valence-electron chi connectivity index (χ3n) is 2.88. The maximum atomic E-state index is 6.13. The van der Waals surface area contributed by atoms with E-state index in [9.17, 15) is 0 Å². The average Bonchev–Trinajstić information content (AvgIpc) is 2.81. The lowest BCUT2D eigenvalue weighted by Crippen LogP contribution is -1.88. The minimum Gasteiger partial charge on any atom is -0.324 e. The number of benzene rings is 2. The molecular formula is C14H12ClN3S. The summed E-state index contributed by atoms with van der Waals surface area (Å²) in [5, 5.41) is 9.19. The van der Waals surface area contributed by atoms with Gasteiger partial charge >= 0.3 is 0 Å². The zero-order valence-corrected chi connectivity index (χ0v) is 11.8. The first-order valence-corrected chi connectivity index (χ1v) is 7.06. The number of nitrogens with zero attached hydrogens (tertiary/aromatic N) is 1. The fourth-order valence-electron chi connectivity index (χ4n) is 1.89. The van der Waals surface area contributed by atoms with Gasteiger partial charge in [0.05, 0.1) is 10.7 Å². The second-order valence-electron chi connectivity index (χ2n) is 4.18. The third kappa shape index (κ3) is 2.41. The van der Waals surface area contributed by atoms with Crippen molar-refractivity contribution < 1.29 is 0 Å². The number of para-hydroxylation sites is 1. The van der Waals surface area contributed by atoms with Crippen LogP contribution in [0, 0.1) is 6.92 Å². The van der Waals surface area contributed by atoms with Gasteiger partial charge in [-0.2, -0.15) is 5.10 Å². The van der Waals surface area contributed by atoms with E-state index in [2.05, 4.69) is 21.0 Å². The van der Waals surface area contributed by atoms with Crippen LogP contribution in [0.4, 0.5) is 5.69 Å². The quantitative estimate of drug-likeness (QED) is 0.690. The fourth-order valence-corrected chi connectivity index (χ4v) is 2.83. The number of H-pyrrole nitrogens is 1. The van der Waals surface area contributed by atoms with E-state index in [1.54, 1.807) is 0 Å². The molecule has 3 rings (SSSR count). The number of nitrogens with one attached hydrogen (secondary N) is 2. The van der Waals surface area contributed by atoms with Gasteiger partial charge in [-0.3, -0.25) is 5.10 Å². The molecule has 5 heteroatoms. The number of halogens is 1. The van der Waals surface area contributed by atoms with E-state index in [0.717, 1.165) is 32.2 Å². The Labute approximate surface area is 120 Å². The van der Waals surface area contributed by atoms with Crippen molar-refractivity contribution in [2.24, 2.45) is 0 Å². The predicted octanol–water partition coefficient (Wildman–Crippen LogP) is 4.64. The summed E-state index contributed by atoms with van der Waals surface area (Å²) in [6.45, 7) is 2.01. The molecule has 1 aromatic heterocycles. The highest BCUT2D eigenvalue weighted by atomic mass is 35.5. The lowest BCUT2D eigenvalue weighted by atomic mass is 10.2. The van der Waals surface area contributed by atoms with E-state index < -0.39 is 0 Å². The van der Waals surface area contributed by atoms with Crippen molar-refractivity contribution in [3.05, 3.63) is 53.2 Å². The molecule has 0 amide bonds.